The molecule has 0 saturated heterocycles. The van der Waals surface area contributed by atoms with E-state index in [1.807, 2.05) is 67.3 Å². The van der Waals surface area contributed by atoms with E-state index >= 15 is 0 Å². The molecular weight excluding hydrogens is 481 g/mol. The molecule has 0 aliphatic carbocycles. The molecule has 0 fully saturated rings. The second-order valence-corrected chi connectivity index (χ2v) is 6.86. The molecule has 1 unspecified atom stereocenters. The van der Waals surface area contributed by atoms with E-state index in [1.165, 1.54) is 0 Å². The molecule has 7 nitrogen and oxygen atoms in total. The molecule has 156 valence electrons. The predicted molar refractivity (Wildman–Crippen MR) is 125 cm³/mol. The Morgan fingerprint density at radius 1 is 1.21 bits per heavy atom. The molecule has 2 aromatic heterocycles. The van der Waals surface area contributed by atoms with Crippen LogP contribution in [-0.2, 0) is 12.1 Å². The highest BCUT2D eigenvalue weighted by molar-refractivity contribution is 14.0. The van der Waals surface area contributed by atoms with Crippen molar-refractivity contribution in [2.75, 3.05) is 13.1 Å². The maximum Gasteiger partial charge on any atom is 0.191 e. The minimum Gasteiger partial charge on any atom is -0.463 e. The van der Waals surface area contributed by atoms with Crippen LogP contribution in [0.5, 0.6) is 0 Å². The lowest BCUT2D eigenvalue weighted by Gasteiger charge is -2.22. The Morgan fingerprint density at radius 3 is 2.62 bits per heavy atom. The molecule has 8 heteroatoms. The molecule has 0 bridgehead atoms. The molecule has 0 saturated carbocycles. The fourth-order valence-corrected chi connectivity index (χ4v) is 2.74. The average Bonchev–Trinajstić information content (AvgIpc) is 3.34. The van der Waals surface area contributed by atoms with Crippen molar-refractivity contribution in [1.82, 2.24) is 20.4 Å². The van der Waals surface area contributed by atoms with Crippen LogP contribution in [0.3, 0.4) is 0 Å². The van der Waals surface area contributed by atoms with Gasteiger partial charge in [-0.25, -0.2) is 9.67 Å². The smallest absolute Gasteiger partial charge is 0.191 e. The summed E-state index contributed by atoms with van der Waals surface area (Å²) in [6.45, 7) is 7.04. The van der Waals surface area contributed by atoms with E-state index in [2.05, 4.69) is 20.7 Å². The van der Waals surface area contributed by atoms with E-state index in [0.29, 0.717) is 18.3 Å². The first-order valence-corrected chi connectivity index (χ1v) is 9.38. The van der Waals surface area contributed by atoms with Crippen molar-refractivity contribution < 1.29 is 9.52 Å². The molecule has 3 N–H and O–H groups in total. The third kappa shape index (κ3) is 6.33. The van der Waals surface area contributed by atoms with Crippen molar-refractivity contribution in [1.29, 1.82) is 0 Å². The Labute approximate surface area is 188 Å². The van der Waals surface area contributed by atoms with Gasteiger partial charge in [0.2, 0.25) is 0 Å². The molecule has 0 aliphatic heterocycles. The Morgan fingerprint density at radius 2 is 1.97 bits per heavy atom. The van der Waals surface area contributed by atoms with Crippen LogP contribution in [0.2, 0.25) is 0 Å². The zero-order valence-corrected chi connectivity index (χ0v) is 19.3. The topological polar surface area (TPSA) is 87.6 Å². The lowest BCUT2D eigenvalue weighted by molar-refractivity contribution is 0.0378. The van der Waals surface area contributed by atoms with Gasteiger partial charge in [-0.15, -0.1) is 24.0 Å². The number of aliphatic imine (C=N–C) groups is 1. The number of aryl methyl sites for hydroxylation is 1. The quantitative estimate of drug-likeness (QED) is 0.258. The lowest BCUT2D eigenvalue weighted by Crippen LogP contribution is -2.44. The van der Waals surface area contributed by atoms with Crippen molar-refractivity contribution in [2.45, 2.75) is 32.9 Å². The summed E-state index contributed by atoms with van der Waals surface area (Å²) >= 11 is 0. The molecule has 0 spiro atoms. The third-order valence-electron chi connectivity index (χ3n) is 4.29. The molecule has 3 rings (SSSR count). The highest BCUT2D eigenvalue weighted by Crippen LogP contribution is 2.21. The van der Waals surface area contributed by atoms with Gasteiger partial charge in [-0.3, -0.25) is 0 Å². The van der Waals surface area contributed by atoms with E-state index in [1.54, 1.807) is 13.0 Å². The molecule has 3 aromatic rings. The highest BCUT2D eigenvalue weighted by Gasteiger charge is 2.27. The first kappa shape index (κ1) is 23.0. The second kappa shape index (κ2) is 10.4. The second-order valence-electron chi connectivity index (χ2n) is 6.86. The number of benzene rings is 1. The van der Waals surface area contributed by atoms with Gasteiger partial charge in [0.25, 0.3) is 0 Å². The van der Waals surface area contributed by atoms with Crippen molar-refractivity contribution in [2.24, 2.45) is 4.99 Å². The number of furan rings is 1. The largest absolute Gasteiger partial charge is 0.463 e. The van der Waals surface area contributed by atoms with Gasteiger partial charge in [0, 0.05) is 18.3 Å². The number of rotatable bonds is 7. The lowest BCUT2D eigenvalue weighted by atomic mass is 10.0. The normalized spacial score (nSPS) is 13.4. The Hall–Kier alpha value is -2.33. The number of halogens is 1. The van der Waals surface area contributed by atoms with E-state index in [9.17, 15) is 5.11 Å². The third-order valence-corrected chi connectivity index (χ3v) is 4.29. The van der Waals surface area contributed by atoms with Crippen LogP contribution in [0.15, 0.2) is 64.3 Å². The Bertz CT molecular complexity index is 918. The van der Waals surface area contributed by atoms with Gasteiger partial charge in [-0.1, -0.05) is 18.2 Å². The van der Waals surface area contributed by atoms with Gasteiger partial charge in [-0.2, -0.15) is 5.10 Å². The van der Waals surface area contributed by atoms with Crippen molar-refractivity contribution in [3.63, 3.8) is 0 Å². The van der Waals surface area contributed by atoms with Crippen LogP contribution in [0, 0.1) is 6.92 Å². The van der Waals surface area contributed by atoms with Crippen LogP contribution in [0.25, 0.3) is 5.69 Å². The average molecular weight is 509 g/mol. The van der Waals surface area contributed by atoms with E-state index in [4.69, 9.17) is 4.42 Å². The number of aromatic nitrogens is 2. The molecule has 0 aliphatic rings. The van der Waals surface area contributed by atoms with Crippen LogP contribution < -0.4 is 10.6 Å². The summed E-state index contributed by atoms with van der Waals surface area (Å²) in [6.07, 6.45) is 3.77. The van der Waals surface area contributed by atoms with E-state index < -0.39 is 5.60 Å². The minimum absolute atomic E-state index is 0. The summed E-state index contributed by atoms with van der Waals surface area (Å²) in [4.78, 5) is 4.59. The maximum atomic E-state index is 10.7. The zero-order valence-electron chi connectivity index (χ0n) is 16.9. The monoisotopic (exact) mass is 509 g/mol. The summed E-state index contributed by atoms with van der Waals surface area (Å²) in [5.74, 6) is 1.92. The summed E-state index contributed by atoms with van der Waals surface area (Å²) < 4.78 is 7.38. The van der Waals surface area contributed by atoms with E-state index in [0.717, 1.165) is 23.6 Å². The highest BCUT2D eigenvalue weighted by atomic mass is 127. The van der Waals surface area contributed by atoms with Gasteiger partial charge in [0.05, 0.1) is 25.0 Å². The molecular formula is C21H28IN5O2. The molecule has 0 amide bonds. The van der Waals surface area contributed by atoms with Crippen molar-refractivity contribution >= 4 is 29.9 Å². The van der Waals surface area contributed by atoms with Crippen LogP contribution >= 0.6 is 24.0 Å². The Kier molecular flexibility index (Phi) is 8.27. The van der Waals surface area contributed by atoms with Gasteiger partial charge in [-0.05, 0) is 45.0 Å². The minimum atomic E-state index is -1.14. The summed E-state index contributed by atoms with van der Waals surface area (Å²) in [7, 11) is 0. The van der Waals surface area contributed by atoms with Gasteiger partial charge in [0.1, 0.15) is 17.1 Å². The number of hydrogen-bond donors (Lipinski definition) is 3. The fraction of sp³-hybridized carbons (Fsp3) is 0.333. The van der Waals surface area contributed by atoms with Crippen molar-refractivity contribution in [3.05, 3.63) is 71.9 Å². The zero-order chi connectivity index (χ0) is 20.0. The number of nitrogens with zero attached hydrogens (tertiary/aromatic N) is 3. The summed E-state index contributed by atoms with van der Waals surface area (Å²) in [5.41, 5.74) is 0.866. The van der Waals surface area contributed by atoms with Crippen LogP contribution in [0.4, 0.5) is 0 Å². The molecule has 29 heavy (non-hydrogen) atoms. The summed E-state index contributed by atoms with van der Waals surface area (Å²) in [6, 6.07) is 13.6. The summed E-state index contributed by atoms with van der Waals surface area (Å²) in [5, 5.41) is 21.4. The first-order chi connectivity index (χ1) is 13.5. The number of hydrogen-bond acceptors (Lipinski definition) is 4. The maximum absolute atomic E-state index is 10.7. The predicted octanol–water partition coefficient (Wildman–Crippen LogP) is 3.35. The van der Waals surface area contributed by atoms with Gasteiger partial charge < -0.3 is 20.2 Å². The first-order valence-electron chi connectivity index (χ1n) is 9.38. The Balaban J connectivity index is 0.00000300. The number of guanidine groups is 1. The van der Waals surface area contributed by atoms with Gasteiger partial charge in [0.15, 0.2) is 5.96 Å². The number of nitrogens with one attached hydrogen (secondary N) is 2. The molecule has 2 heterocycles. The van der Waals surface area contributed by atoms with Crippen LogP contribution in [0.1, 0.15) is 30.9 Å². The van der Waals surface area contributed by atoms with Crippen LogP contribution in [-0.4, -0.2) is 33.9 Å². The fourth-order valence-electron chi connectivity index (χ4n) is 2.74. The van der Waals surface area contributed by atoms with E-state index in [-0.39, 0.29) is 30.5 Å². The van der Waals surface area contributed by atoms with Crippen molar-refractivity contribution in [3.8, 4) is 5.69 Å². The van der Waals surface area contributed by atoms with Gasteiger partial charge >= 0.3 is 0 Å². The molecule has 1 atom stereocenters. The molecule has 1 aromatic carbocycles. The number of aliphatic hydroxyl groups is 1. The SMILES string of the molecule is CCNC(=NCc1cnn(-c2ccccc2)c1)NCC(C)(O)c1ccc(C)o1.I. The molecule has 0 radical (unpaired) electrons. The number of para-hydroxylation sites is 1. The standard InChI is InChI=1S/C21H27N5O2.HI/c1-4-22-20(24-15-21(3,27)19-11-10-16(2)28-19)23-12-17-13-25-26(14-17)18-8-6-5-7-9-18;/h5-11,13-14,27H,4,12,15H2,1-3H3,(H2,22,23,24);1H.